The molecule has 4 nitrogen and oxygen atoms in total. The second-order valence-electron chi connectivity index (χ2n) is 5.41. The maximum Gasteiger partial charge on any atom is 0.306 e. The molecular formula is C15H21NO3S. The molecule has 1 fully saturated rings. The van der Waals surface area contributed by atoms with Gasteiger partial charge in [0.15, 0.2) is 0 Å². The van der Waals surface area contributed by atoms with Crippen LogP contribution in [0, 0.1) is 11.8 Å². The summed E-state index contributed by atoms with van der Waals surface area (Å²) in [5.74, 6) is -1.25. The first-order valence-electron chi connectivity index (χ1n) is 7.18. The summed E-state index contributed by atoms with van der Waals surface area (Å²) in [4.78, 5) is 24.4. The van der Waals surface area contributed by atoms with Gasteiger partial charge in [-0.1, -0.05) is 19.4 Å². The van der Waals surface area contributed by atoms with Crippen molar-refractivity contribution in [2.45, 2.75) is 45.1 Å². The lowest BCUT2D eigenvalue weighted by Gasteiger charge is -2.19. The molecule has 1 heterocycles. The number of nitrogens with one attached hydrogen (secondary N) is 1. The molecule has 0 saturated heterocycles. The second-order valence-corrected chi connectivity index (χ2v) is 6.39. The Morgan fingerprint density at radius 1 is 1.45 bits per heavy atom. The zero-order chi connectivity index (χ0) is 14.5. The van der Waals surface area contributed by atoms with E-state index in [1.54, 1.807) is 11.3 Å². The van der Waals surface area contributed by atoms with Gasteiger partial charge in [0.05, 0.1) is 12.0 Å². The van der Waals surface area contributed by atoms with Crippen LogP contribution in [0.1, 0.15) is 49.9 Å². The first-order valence-corrected chi connectivity index (χ1v) is 8.06. The standard InChI is InChI=1S/C15H21NO3S/c1-2-4-12(13-5-3-8-20-13)16-14(17)10-6-7-11(9-10)15(18)19/h3,5,8,10-12H,2,4,6-7,9H2,1H3,(H,16,17)(H,18,19)/t10-,11+,12?/m1/s1. The number of carbonyl (C=O) groups excluding carboxylic acids is 1. The van der Waals surface area contributed by atoms with Gasteiger partial charge in [0.2, 0.25) is 5.91 Å². The Morgan fingerprint density at radius 3 is 2.75 bits per heavy atom. The van der Waals surface area contributed by atoms with Crippen molar-refractivity contribution >= 4 is 23.2 Å². The quantitative estimate of drug-likeness (QED) is 0.847. The molecule has 1 saturated carbocycles. The van der Waals surface area contributed by atoms with Crippen LogP contribution in [0.5, 0.6) is 0 Å². The van der Waals surface area contributed by atoms with Gasteiger partial charge in [0.1, 0.15) is 0 Å². The predicted molar refractivity (Wildman–Crippen MR) is 78.6 cm³/mol. The molecule has 1 aliphatic carbocycles. The highest BCUT2D eigenvalue weighted by Gasteiger charge is 2.34. The number of hydrogen-bond acceptors (Lipinski definition) is 3. The van der Waals surface area contributed by atoms with E-state index in [1.165, 1.54) is 4.88 Å². The first-order chi connectivity index (χ1) is 9.61. The van der Waals surface area contributed by atoms with Crippen molar-refractivity contribution in [3.63, 3.8) is 0 Å². The van der Waals surface area contributed by atoms with Gasteiger partial charge in [-0.25, -0.2) is 0 Å². The van der Waals surface area contributed by atoms with Crippen molar-refractivity contribution in [1.82, 2.24) is 5.32 Å². The highest BCUT2D eigenvalue weighted by molar-refractivity contribution is 7.10. The fourth-order valence-corrected chi connectivity index (χ4v) is 3.61. The number of carboxylic acids is 1. The van der Waals surface area contributed by atoms with Crippen molar-refractivity contribution < 1.29 is 14.7 Å². The lowest BCUT2D eigenvalue weighted by Crippen LogP contribution is -2.33. The number of carbonyl (C=O) groups is 2. The number of amides is 1. The fraction of sp³-hybridized carbons (Fsp3) is 0.600. The van der Waals surface area contributed by atoms with Crippen LogP contribution in [0.4, 0.5) is 0 Å². The fourth-order valence-electron chi connectivity index (χ4n) is 2.80. The van der Waals surface area contributed by atoms with E-state index in [2.05, 4.69) is 12.2 Å². The van der Waals surface area contributed by atoms with Crippen molar-refractivity contribution in [3.05, 3.63) is 22.4 Å². The van der Waals surface area contributed by atoms with Crippen molar-refractivity contribution in [2.75, 3.05) is 0 Å². The minimum absolute atomic E-state index is 0.0144. The van der Waals surface area contributed by atoms with Gasteiger partial charge in [0.25, 0.3) is 0 Å². The van der Waals surface area contributed by atoms with E-state index in [-0.39, 0.29) is 23.8 Å². The molecule has 2 rings (SSSR count). The first kappa shape index (κ1) is 15.0. The molecular weight excluding hydrogens is 274 g/mol. The molecule has 1 aromatic rings. The van der Waals surface area contributed by atoms with Crippen LogP contribution in [0.15, 0.2) is 17.5 Å². The molecule has 0 aromatic carbocycles. The maximum atomic E-state index is 12.3. The lowest BCUT2D eigenvalue weighted by molar-refractivity contribution is -0.141. The van der Waals surface area contributed by atoms with Crippen LogP contribution < -0.4 is 5.32 Å². The van der Waals surface area contributed by atoms with Crippen molar-refractivity contribution in [3.8, 4) is 0 Å². The third kappa shape index (κ3) is 3.60. The summed E-state index contributed by atoms with van der Waals surface area (Å²) in [6.07, 6.45) is 3.70. The van der Waals surface area contributed by atoms with Gasteiger partial charge in [-0.2, -0.15) is 0 Å². The predicted octanol–water partition coefficient (Wildman–Crippen LogP) is 3.21. The van der Waals surface area contributed by atoms with E-state index in [1.807, 2.05) is 17.5 Å². The number of aliphatic carboxylic acids is 1. The third-order valence-electron chi connectivity index (χ3n) is 3.93. The summed E-state index contributed by atoms with van der Waals surface area (Å²) in [7, 11) is 0. The molecule has 0 aliphatic heterocycles. The van der Waals surface area contributed by atoms with E-state index < -0.39 is 5.97 Å². The van der Waals surface area contributed by atoms with Gasteiger partial charge in [0, 0.05) is 10.8 Å². The zero-order valence-corrected chi connectivity index (χ0v) is 12.5. The zero-order valence-electron chi connectivity index (χ0n) is 11.7. The topological polar surface area (TPSA) is 66.4 Å². The number of carboxylic acid groups (broad SMARTS) is 1. The summed E-state index contributed by atoms with van der Waals surface area (Å²) in [5, 5.41) is 14.1. The van der Waals surface area contributed by atoms with Crippen molar-refractivity contribution in [2.24, 2.45) is 11.8 Å². The number of thiophene rings is 1. The maximum absolute atomic E-state index is 12.3. The largest absolute Gasteiger partial charge is 0.481 e. The Hall–Kier alpha value is -1.36. The van der Waals surface area contributed by atoms with E-state index in [9.17, 15) is 9.59 Å². The van der Waals surface area contributed by atoms with Gasteiger partial charge in [-0.3, -0.25) is 9.59 Å². The summed E-state index contributed by atoms with van der Waals surface area (Å²) >= 11 is 1.65. The van der Waals surface area contributed by atoms with Crippen LogP contribution in [0.2, 0.25) is 0 Å². The molecule has 0 spiro atoms. The number of hydrogen-bond donors (Lipinski definition) is 2. The molecule has 2 N–H and O–H groups in total. The smallest absolute Gasteiger partial charge is 0.306 e. The molecule has 1 amide bonds. The average Bonchev–Trinajstić information content (AvgIpc) is 3.09. The summed E-state index contributed by atoms with van der Waals surface area (Å²) in [6.45, 7) is 2.10. The SMILES string of the molecule is CCCC(NC(=O)[C@@H]1CC[C@H](C(=O)O)C1)c1cccs1. The molecule has 1 aromatic heterocycles. The Morgan fingerprint density at radius 2 is 2.20 bits per heavy atom. The summed E-state index contributed by atoms with van der Waals surface area (Å²) < 4.78 is 0. The molecule has 20 heavy (non-hydrogen) atoms. The molecule has 110 valence electrons. The molecule has 0 radical (unpaired) electrons. The third-order valence-corrected chi connectivity index (χ3v) is 4.92. The van der Waals surface area contributed by atoms with E-state index >= 15 is 0 Å². The normalized spacial score (nSPS) is 23.4. The molecule has 5 heteroatoms. The van der Waals surface area contributed by atoms with E-state index in [4.69, 9.17) is 5.11 Å². The van der Waals surface area contributed by atoms with Gasteiger partial charge >= 0.3 is 5.97 Å². The van der Waals surface area contributed by atoms with Gasteiger partial charge in [-0.05, 0) is 37.1 Å². The molecule has 0 bridgehead atoms. The molecule has 1 unspecified atom stereocenters. The minimum atomic E-state index is -0.774. The minimum Gasteiger partial charge on any atom is -0.481 e. The summed E-state index contributed by atoms with van der Waals surface area (Å²) in [6, 6.07) is 4.10. The molecule has 1 aliphatic rings. The van der Waals surface area contributed by atoms with E-state index in [0.717, 1.165) is 12.8 Å². The van der Waals surface area contributed by atoms with Crippen molar-refractivity contribution in [1.29, 1.82) is 0 Å². The van der Waals surface area contributed by atoms with Crippen LogP contribution in [-0.2, 0) is 9.59 Å². The van der Waals surface area contributed by atoms with Crippen LogP contribution >= 0.6 is 11.3 Å². The second kappa shape index (κ2) is 6.88. The monoisotopic (exact) mass is 295 g/mol. The summed E-state index contributed by atoms with van der Waals surface area (Å²) in [5.41, 5.74) is 0. The number of rotatable bonds is 6. The Bertz CT molecular complexity index is 458. The Balaban J connectivity index is 1.94. The van der Waals surface area contributed by atoms with E-state index in [0.29, 0.717) is 19.3 Å². The van der Waals surface area contributed by atoms with Gasteiger partial charge < -0.3 is 10.4 Å². The van der Waals surface area contributed by atoms with Crippen LogP contribution in [0.25, 0.3) is 0 Å². The van der Waals surface area contributed by atoms with Crippen LogP contribution in [-0.4, -0.2) is 17.0 Å². The van der Waals surface area contributed by atoms with Crippen LogP contribution in [0.3, 0.4) is 0 Å². The molecule has 3 atom stereocenters. The lowest BCUT2D eigenvalue weighted by atomic mass is 10.0. The highest BCUT2D eigenvalue weighted by atomic mass is 32.1. The average molecular weight is 295 g/mol. The highest BCUT2D eigenvalue weighted by Crippen LogP contribution is 2.32. The van der Waals surface area contributed by atoms with Gasteiger partial charge in [-0.15, -0.1) is 11.3 Å². The Labute approximate surface area is 123 Å². The Kier molecular flexibility index (Phi) is 5.17.